The van der Waals surface area contributed by atoms with Crippen molar-refractivity contribution >= 4 is 43.4 Å². The van der Waals surface area contributed by atoms with E-state index >= 15 is 0 Å². The molecule has 0 atom stereocenters. The van der Waals surface area contributed by atoms with Crippen molar-refractivity contribution in [1.82, 2.24) is 9.71 Å². The Morgan fingerprint density at radius 2 is 2.27 bits per heavy atom. The minimum atomic E-state index is -3.55. The van der Waals surface area contributed by atoms with Crippen LogP contribution in [0.2, 0.25) is 5.02 Å². The van der Waals surface area contributed by atoms with Crippen LogP contribution >= 0.6 is 27.5 Å². The van der Waals surface area contributed by atoms with Crippen LogP contribution in [0.4, 0.5) is 5.69 Å². The third-order valence-corrected chi connectivity index (χ3v) is 3.38. The van der Waals surface area contributed by atoms with Crippen molar-refractivity contribution < 1.29 is 8.42 Å². The van der Waals surface area contributed by atoms with E-state index in [1.165, 1.54) is 12.3 Å². The molecule has 0 saturated carbocycles. The summed E-state index contributed by atoms with van der Waals surface area (Å²) in [7, 11) is -3.55. The van der Waals surface area contributed by atoms with Crippen LogP contribution in [0.3, 0.4) is 0 Å². The molecule has 1 heterocycles. The molecular weight excluding hydrogens is 306 g/mol. The molecule has 5 nitrogen and oxygen atoms in total. The van der Waals surface area contributed by atoms with E-state index in [2.05, 4.69) is 30.4 Å². The number of anilines is 1. The van der Waals surface area contributed by atoms with Crippen LogP contribution in [-0.4, -0.2) is 19.9 Å². The lowest BCUT2D eigenvalue weighted by Gasteiger charge is -2.08. The highest BCUT2D eigenvalue weighted by molar-refractivity contribution is 9.10. The zero-order valence-corrected chi connectivity index (χ0v) is 10.9. The lowest BCUT2D eigenvalue weighted by atomic mass is 10.4. The monoisotopic (exact) mass is 313 g/mol. The number of aromatic nitrogens is 1. The topological polar surface area (TPSA) is 71.1 Å². The molecule has 0 amide bonds. The Labute approximate surface area is 102 Å². The van der Waals surface area contributed by atoms with Crippen LogP contribution in [0.5, 0.6) is 0 Å². The van der Waals surface area contributed by atoms with E-state index in [1.807, 2.05) is 0 Å². The number of hydrogen-bond donors (Lipinski definition) is 2. The standard InChI is InChI=1S/C7H9BrClN3O2S/c1-2-11-15(13,14)12-6-3-5(9)4-10-7(6)8/h3-4,11-12H,2H2,1H3. The first-order chi connectivity index (χ1) is 6.94. The quantitative estimate of drug-likeness (QED) is 0.832. The summed E-state index contributed by atoms with van der Waals surface area (Å²) in [5.74, 6) is 0. The van der Waals surface area contributed by atoms with E-state index in [4.69, 9.17) is 11.6 Å². The molecule has 15 heavy (non-hydrogen) atoms. The number of nitrogens with zero attached hydrogens (tertiary/aromatic N) is 1. The van der Waals surface area contributed by atoms with E-state index in [0.29, 0.717) is 21.9 Å². The van der Waals surface area contributed by atoms with Crippen molar-refractivity contribution in [2.75, 3.05) is 11.3 Å². The SMILES string of the molecule is CCNS(=O)(=O)Nc1cc(Cl)cnc1Br. The molecule has 0 aromatic carbocycles. The molecule has 0 unspecified atom stereocenters. The lowest BCUT2D eigenvalue weighted by Crippen LogP contribution is -2.29. The Kier molecular flexibility index (Phi) is 4.32. The Hall–Kier alpha value is -0.370. The molecule has 0 spiro atoms. The summed E-state index contributed by atoms with van der Waals surface area (Å²) in [4.78, 5) is 3.85. The van der Waals surface area contributed by atoms with Crippen molar-refractivity contribution in [1.29, 1.82) is 0 Å². The number of pyridine rings is 1. The Bertz CT molecular complexity index is 452. The maximum absolute atomic E-state index is 11.3. The first kappa shape index (κ1) is 12.7. The number of halogens is 2. The van der Waals surface area contributed by atoms with E-state index < -0.39 is 10.2 Å². The summed E-state index contributed by atoms with van der Waals surface area (Å²) in [6, 6.07) is 1.47. The molecule has 1 aromatic rings. The fourth-order valence-electron chi connectivity index (χ4n) is 0.865. The van der Waals surface area contributed by atoms with E-state index in [-0.39, 0.29) is 0 Å². The van der Waals surface area contributed by atoms with Gasteiger partial charge in [-0.1, -0.05) is 18.5 Å². The normalized spacial score (nSPS) is 11.4. The minimum absolute atomic E-state index is 0.295. The molecule has 0 saturated heterocycles. The fraction of sp³-hybridized carbons (Fsp3) is 0.286. The Balaban J connectivity index is 2.94. The summed E-state index contributed by atoms with van der Waals surface area (Å²) in [5.41, 5.74) is 0.295. The van der Waals surface area contributed by atoms with Gasteiger partial charge in [-0.25, -0.2) is 4.98 Å². The highest BCUT2D eigenvalue weighted by atomic mass is 79.9. The highest BCUT2D eigenvalue weighted by Crippen LogP contribution is 2.23. The lowest BCUT2D eigenvalue weighted by molar-refractivity contribution is 0.589. The third kappa shape index (κ3) is 3.94. The van der Waals surface area contributed by atoms with Gasteiger partial charge in [0.1, 0.15) is 4.60 Å². The minimum Gasteiger partial charge on any atom is -0.268 e. The first-order valence-electron chi connectivity index (χ1n) is 4.03. The van der Waals surface area contributed by atoms with Gasteiger partial charge in [0.05, 0.1) is 10.7 Å². The van der Waals surface area contributed by atoms with Crippen molar-refractivity contribution in [3.63, 3.8) is 0 Å². The van der Waals surface area contributed by atoms with Crippen LogP contribution in [0.15, 0.2) is 16.9 Å². The summed E-state index contributed by atoms with van der Waals surface area (Å²) < 4.78 is 27.7. The maximum atomic E-state index is 11.3. The van der Waals surface area contributed by atoms with Gasteiger partial charge in [0.25, 0.3) is 10.2 Å². The number of nitrogens with one attached hydrogen (secondary N) is 2. The smallest absolute Gasteiger partial charge is 0.268 e. The molecule has 0 aliphatic rings. The van der Waals surface area contributed by atoms with Crippen molar-refractivity contribution in [2.24, 2.45) is 0 Å². The van der Waals surface area contributed by atoms with Crippen LogP contribution in [-0.2, 0) is 10.2 Å². The molecule has 0 radical (unpaired) electrons. The molecule has 1 aromatic heterocycles. The molecule has 2 N–H and O–H groups in total. The predicted molar refractivity (Wildman–Crippen MR) is 63.2 cm³/mol. The van der Waals surface area contributed by atoms with Gasteiger partial charge in [-0.15, -0.1) is 0 Å². The van der Waals surface area contributed by atoms with Gasteiger partial charge >= 0.3 is 0 Å². The number of hydrogen-bond acceptors (Lipinski definition) is 3. The average molecular weight is 315 g/mol. The molecule has 0 aliphatic carbocycles. The van der Waals surface area contributed by atoms with Gasteiger partial charge in [-0.2, -0.15) is 13.1 Å². The molecule has 0 bridgehead atoms. The highest BCUT2D eigenvalue weighted by Gasteiger charge is 2.11. The van der Waals surface area contributed by atoms with Crippen LogP contribution in [0.25, 0.3) is 0 Å². The van der Waals surface area contributed by atoms with E-state index in [0.717, 1.165) is 0 Å². The van der Waals surface area contributed by atoms with Crippen molar-refractivity contribution in [3.05, 3.63) is 21.9 Å². The van der Waals surface area contributed by atoms with Gasteiger partial charge < -0.3 is 0 Å². The van der Waals surface area contributed by atoms with Crippen molar-refractivity contribution in [3.8, 4) is 0 Å². The summed E-state index contributed by atoms with van der Waals surface area (Å²) in [6.07, 6.45) is 1.41. The van der Waals surface area contributed by atoms with Crippen LogP contribution in [0.1, 0.15) is 6.92 Å². The van der Waals surface area contributed by atoms with E-state index in [9.17, 15) is 8.42 Å². The van der Waals surface area contributed by atoms with Crippen LogP contribution < -0.4 is 9.44 Å². The Morgan fingerprint density at radius 3 is 2.87 bits per heavy atom. The second kappa shape index (κ2) is 5.11. The fourth-order valence-corrected chi connectivity index (χ4v) is 2.37. The van der Waals surface area contributed by atoms with Gasteiger partial charge in [0.15, 0.2) is 0 Å². The average Bonchev–Trinajstić information content (AvgIpc) is 2.10. The second-order valence-electron chi connectivity index (χ2n) is 2.60. The van der Waals surface area contributed by atoms with Gasteiger partial charge in [0, 0.05) is 12.7 Å². The molecule has 0 fully saturated rings. The summed E-state index contributed by atoms with van der Waals surface area (Å²) in [5, 5.41) is 0.354. The largest absolute Gasteiger partial charge is 0.299 e. The third-order valence-electron chi connectivity index (χ3n) is 1.38. The molecule has 84 valence electrons. The van der Waals surface area contributed by atoms with Crippen molar-refractivity contribution in [2.45, 2.75) is 6.92 Å². The van der Waals surface area contributed by atoms with Gasteiger partial charge in [0.2, 0.25) is 0 Å². The molecule has 1 rings (SSSR count). The Morgan fingerprint density at radius 1 is 1.60 bits per heavy atom. The second-order valence-corrected chi connectivity index (χ2v) is 5.28. The van der Waals surface area contributed by atoms with Gasteiger partial charge in [-0.05, 0) is 22.0 Å². The zero-order valence-electron chi connectivity index (χ0n) is 7.79. The molecule has 0 aliphatic heterocycles. The predicted octanol–water partition coefficient (Wildman–Crippen LogP) is 1.76. The number of rotatable bonds is 4. The van der Waals surface area contributed by atoms with Crippen LogP contribution in [0, 0.1) is 0 Å². The van der Waals surface area contributed by atoms with Gasteiger partial charge in [-0.3, -0.25) is 4.72 Å². The summed E-state index contributed by atoms with van der Waals surface area (Å²) >= 11 is 8.79. The molecule has 8 heteroatoms. The maximum Gasteiger partial charge on any atom is 0.299 e. The zero-order chi connectivity index (χ0) is 11.5. The first-order valence-corrected chi connectivity index (χ1v) is 6.68. The van der Waals surface area contributed by atoms with E-state index in [1.54, 1.807) is 6.92 Å². The molecular formula is C7H9BrClN3O2S. The summed E-state index contributed by atoms with van der Waals surface area (Å²) in [6.45, 7) is 1.99.